The number of hydrogen-bond acceptors (Lipinski definition) is 9. The lowest BCUT2D eigenvalue weighted by atomic mass is 10.0. The zero-order chi connectivity index (χ0) is 28.8. The SMILES string of the molecule is NC(N)=NCCCC(NC(=O)C(Cc1ccc(O)cc1)NC(=O)C(N)CC(=O)O)C(=O)NC(CO)C(=O)O. The van der Waals surface area contributed by atoms with E-state index in [0.717, 1.165) is 0 Å². The van der Waals surface area contributed by atoms with Gasteiger partial charge in [0.25, 0.3) is 0 Å². The number of carboxylic acid groups (broad SMARTS) is 2. The number of carboxylic acids is 2. The van der Waals surface area contributed by atoms with Gasteiger partial charge in [-0.3, -0.25) is 24.2 Å². The molecule has 1 rings (SSSR count). The van der Waals surface area contributed by atoms with Crippen LogP contribution in [0.15, 0.2) is 29.3 Å². The van der Waals surface area contributed by atoms with Crippen molar-refractivity contribution in [2.24, 2.45) is 22.2 Å². The first-order chi connectivity index (χ1) is 17.8. The van der Waals surface area contributed by atoms with Crippen LogP contribution in [0.25, 0.3) is 0 Å². The number of aromatic hydroxyl groups is 1. The van der Waals surface area contributed by atoms with Gasteiger partial charge < -0.3 is 53.6 Å². The van der Waals surface area contributed by atoms with E-state index in [1.54, 1.807) is 0 Å². The topological polar surface area (TPSA) is 293 Å². The van der Waals surface area contributed by atoms with Gasteiger partial charge >= 0.3 is 11.9 Å². The van der Waals surface area contributed by atoms with Gasteiger partial charge in [0.15, 0.2) is 5.96 Å². The van der Waals surface area contributed by atoms with Crippen molar-refractivity contribution in [1.29, 1.82) is 0 Å². The van der Waals surface area contributed by atoms with Crippen LogP contribution in [0, 0.1) is 0 Å². The molecule has 13 N–H and O–H groups in total. The van der Waals surface area contributed by atoms with E-state index >= 15 is 0 Å². The average molecular weight is 540 g/mol. The number of carbonyl (C=O) groups excluding carboxylic acids is 3. The number of guanidine groups is 1. The summed E-state index contributed by atoms with van der Waals surface area (Å²) in [5.41, 5.74) is 16.6. The minimum absolute atomic E-state index is 0.0448. The molecule has 4 unspecified atom stereocenters. The summed E-state index contributed by atoms with van der Waals surface area (Å²) in [6.45, 7) is -0.821. The molecule has 16 heteroatoms. The Balaban J connectivity index is 3.15. The lowest BCUT2D eigenvalue weighted by molar-refractivity contribution is -0.143. The van der Waals surface area contributed by atoms with Gasteiger partial charge in [0.1, 0.15) is 23.9 Å². The van der Waals surface area contributed by atoms with Crippen molar-refractivity contribution < 1.29 is 44.4 Å². The molecule has 210 valence electrons. The fourth-order valence-electron chi connectivity index (χ4n) is 3.14. The zero-order valence-electron chi connectivity index (χ0n) is 20.4. The number of amides is 3. The Labute approximate surface area is 217 Å². The minimum Gasteiger partial charge on any atom is -0.508 e. The van der Waals surface area contributed by atoms with Gasteiger partial charge in [-0.25, -0.2) is 4.79 Å². The highest BCUT2D eigenvalue weighted by atomic mass is 16.4. The van der Waals surface area contributed by atoms with Crippen molar-refractivity contribution in [2.45, 2.75) is 49.9 Å². The summed E-state index contributed by atoms with van der Waals surface area (Å²) in [7, 11) is 0. The second kappa shape index (κ2) is 15.6. The smallest absolute Gasteiger partial charge is 0.328 e. The number of aliphatic carboxylic acids is 2. The second-order valence-electron chi connectivity index (χ2n) is 8.23. The van der Waals surface area contributed by atoms with Gasteiger partial charge in [-0.05, 0) is 30.5 Å². The Kier molecular flexibility index (Phi) is 13.0. The molecule has 0 aromatic heterocycles. The van der Waals surface area contributed by atoms with Crippen LogP contribution in [0.3, 0.4) is 0 Å². The Hall–Kier alpha value is -4.44. The highest BCUT2D eigenvalue weighted by molar-refractivity contribution is 5.94. The largest absolute Gasteiger partial charge is 0.508 e. The number of carbonyl (C=O) groups is 5. The molecular weight excluding hydrogens is 506 g/mol. The molecule has 0 aliphatic heterocycles. The third kappa shape index (κ3) is 11.5. The van der Waals surface area contributed by atoms with Crippen LogP contribution in [-0.2, 0) is 30.4 Å². The number of phenolic OH excluding ortho intramolecular Hbond substituents is 1. The average Bonchev–Trinajstić information content (AvgIpc) is 2.84. The molecule has 0 saturated heterocycles. The molecular formula is C22H33N7O9. The van der Waals surface area contributed by atoms with Crippen molar-refractivity contribution in [3.63, 3.8) is 0 Å². The fourth-order valence-corrected chi connectivity index (χ4v) is 3.14. The third-order valence-corrected chi connectivity index (χ3v) is 5.12. The summed E-state index contributed by atoms with van der Waals surface area (Å²) in [4.78, 5) is 64.3. The van der Waals surface area contributed by atoms with E-state index in [1.807, 2.05) is 0 Å². The van der Waals surface area contributed by atoms with Crippen LogP contribution in [0.1, 0.15) is 24.8 Å². The summed E-state index contributed by atoms with van der Waals surface area (Å²) in [6.07, 6.45) is -0.697. The molecule has 16 nitrogen and oxygen atoms in total. The molecule has 38 heavy (non-hydrogen) atoms. The van der Waals surface area contributed by atoms with Gasteiger partial charge in [0.05, 0.1) is 19.1 Å². The number of benzene rings is 1. The van der Waals surface area contributed by atoms with Gasteiger partial charge in [-0.2, -0.15) is 0 Å². The lowest BCUT2D eigenvalue weighted by Gasteiger charge is -2.25. The van der Waals surface area contributed by atoms with Crippen LogP contribution in [0.5, 0.6) is 5.75 Å². The maximum Gasteiger partial charge on any atom is 0.328 e. The van der Waals surface area contributed by atoms with E-state index in [2.05, 4.69) is 20.9 Å². The van der Waals surface area contributed by atoms with Gasteiger partial charge in [-0.1, -0.05) is 12.1 Å². The van der Waals surface area contributed by atoms with Crippen LogP contribution < -0.4 is 33.2 Å². The van der Waals surface area contributed by atoms with Crippen LogP contribution in [0.4, 0.5) is 0 Å². The van der Waals surface area contributed by atoms with Gasteiger partial charge in [0.2, 0.25) is 17.7 Å². The van der Waals surface area contributed by atoms with E-state index in [1.165, 1.54) is 24.3 Å². The fraction of sp³-hybridized carbons (Fsp3) is 0.455. The molecule has 0 radical (unpaired) electrons. The number of rotatable bonds is 16. The third-order valence-electron chi connectivity index (χ3n) is 5.12. The maximum absolute atomic E-state index is 13.2. The Morgan fingerprint density at radius 3 is 1.95 bits per heavy atom. The molecule has 1 aromatic carbocycles. The van der Waals surface area contributed by atoms with Crippen LogP contribution >= 0.6 is 0 Å². The monoisotopic (exact) mass is 539 g/mol. The minimum atomic E-state index is -1.64. The molecule has 0 aliphatic carbocycles. The van der Waals surface area contributed by atoms with Gasteiger partial charge in [-0.15, -0.1) is 0 Å². The summed E-state index contributed by atoms with van der Waals surface area (Å²) < 4.78 is 0. The second-order valence-corrected chi connectivity index (χ2v) is 8.23. The number of aliphatic hydroxyl groups excluding tert-OH is 1. The summed E-state index contributed by atoms with van der Waals surface area (Å²) >= 11 is 0. The van der Waals surface area contributed by atoms with Gasteiger partial charge in [0, 0.05) is 13.0 Å². The Bertz CT molecular complexity index is 1010. The normalized spacial score (nSPS) is 13.7. The Morgan fingerprint density at radius 1 is 0.868 bits per heavy atom. The number of hydrogen-bond donors (Lipinski definition) is 10. The first-order valence-corrected chi connectivity index (χ1v) is 11.4. The summed E-state index contributed by atoms with van der Waals surface area (Å²) in [6, 6.07) is -0.103. The number of aliphatic hydroxyl groups is 1. The predicted molar refractivity (Wildman–Crippen MR) is 132 cm³/mol. The van der Waals surface area contributed by atoms with Crippen LogP contribution in [0.2, 0.25) is 0 Å². The number of nitrogens with two attached hydrogens (primary N) is 3. The number of nitrogens with zero attached hydrogens (tertiary/aromatic N) is 1. The van der Waals surface area contributed by atoms with E-state index in [4.69, 9.17) is 27.4 Å². The number of nitrogens with one attached hydrogen (secondary N) is 3. The van der Waals surface area contributed by atoms with E-state index in [0.29, 0.717) is 5.56 Å². The highest BCUT2D eigenvalue weighted by Gasteiger charge is 2.30. The van der Waals surface area contributed by atoms with Crippen molar-refractivity contribution in [1.82, 2.24) is 16.0 Å². The lowest BCUT2D eigenvalue weighted by Crippen LogP contribution is -2.58. The van der Waals surface area contributed by atoms with Crippen molar-refractivity contribution in [2.75, 3.05) is 13.2 Å². The molecule has 4 atom stereocenters. The summed E-state index contributed by atoms with van der Waals surface area (Å²) in [5, 5.41) is 43.6. The molecule has 0 spiro atoms. The zero-order valence-corrected chi connectivity index (χ0v) is 20.4. The molecule has 3 amide bonds. The van der Waals surface area contributed by atoms with E-state index in [9.17, 15) is 34.2 Å². The number of phenols is 1. The van der Waals surface area contributed by atoms with Crippen molar-refractivity contribution >= 4 is 35.6 Å². The highest BCUT2D eigenvalue weighted by Crippen LogP contribution is 2.12. The van der Waals surface area contributed by atoms with E-state index in [-0.39, 0.29) is 37.5 Å². The quantitative estimate of drug-likeness (QED) is 0.0552. The molecule has 0 aliphatic rings. The van der Waals surface area contributed by atoms with Crippen molar-refractivity contribution in [3.8, 4) is 5.75 Å². The maximum atomic E-state index is 13.2. The van der Waals surface area contributed by atoms with Crippen molar-refractivity contribution in [3.05, 3.63) is 29.8 Å². The van der Waals surface area contributed by atoms with E-state index < -0.39 is 66.9 Å². The molecule has 1 aromatic rings. The standard InChI is InChI=1S/C22H33N7O9/c23-13(9-17(32)33)18(34)28-15(8-11-3-5-12(31)6-4-11)20(36)27-14(2-1-7-26-22(24)25)19(35)29-16(10-30)21(37)38/h3-6,13-16,30-31H,1-2,7-10,23H2,(H,27,36)(H,28,34)(H,29,35)(H,32,33)(H,37,38)(H4,24,25,26). The van der Waals surface area contributed by atoms with Crippen LogP contribution in [-0.4, -0.2) is 93.4 Å². The molecule has 0 heterocycles. The molecule has 0 fully saturated rings. The Morgan fingerprint density at radius 2 is 1.42 bits per heavy atom. The molecule has 0 saturated carbocycles. The predicted octanol–water partition coefficient (Wildman–Crippen LogP) is -3.68. The summed E-state index contributed by atoms with van der Waals surface area (Å²) in [5.74, 6) is -5.81. The first kappa shape index (κ1) is 31.6. The number of aliphatic imine (C=N–C) groups is 1. The first-order valence-electron chi connectivity index (χ1n) is 11.4. The molecule has 0 bridgehead atoms.